The fourth-order valence-electron chi connectivity index (χ4n) is 3.10. The van der Waals surface area contributed by atoms with Gasteiger partial charge in [0.2, 0.25) is 5.91 Å². The van der Waals surface area contributed by atoms with Crippen LogP contribution in [0.4, 0.5) is 5.69 Å². The van der Waals surface area contributed by atoms with Crippen molar-refractivity contribution in [3.8, 4) is 0 Å². The number of thiazole rings is 1. The van der Waals surface area contributed by atoms with Crippen molar-refractivity contribution in [2.45, 2.75) is 33.0 Å². The number of para-hydroxylation sites is 1. The van der Waals surface area contributed by atoms with Crippen molar-refractivity contribution in [2.75, 3.05) is 5.32 Å². The minimum Gasteiger partial charge on any atom is -0.325 e. The number of hydrogen-bond acceptors (Lipinski definition) is 6. The van der Waals surface area contributed by atoms with Crippen LogP contribution >= 0.6 is 11.3 Å². The van der Waals surface area contributed by atoms with Crippen molar-refractivity contribution in [3.05, 3.63) is 103 Å². The van der Waals surface area contributed by atoms with Gasteiger partial charge in [-0.15, -0.1) is 24.5 Å². The lowest BCUT2D eigenvalue weighted by Gasteiger charge is -2.11. The summed E-state index contributed by atoms with van der Waals surface area (Å²) >= 11 is 1.26. The predicted molar refractivity (Wildman–Crippen MR) is 124 cm³/mol. The molecule has 0 fully saturated rings. The third kappa shape index (κ3) is 4.92. The van der Waals surface area contributed by atoms with E-state index in [0.29, 0.717) is 10.7 Å². The first-order chi connectivity index (χ1) is 15.3. The zero-order valence-electron chi connectivity index (χ0n) is 17.6. The number of carbonyl (C=O) groups is 1. The van der Waals surface area contributed by atoms with Crippen molar-refractivity contribution >= 4 is 22.9 Å². The molecular formula is C22H23N5O4S. The van der Waals surface area contributed by atoms with E-state index in [1.165, 1.54) is 23.5 Å². The third-order valence-electron chi connectivity index (χ3n) is 4.66. The lowest BCUT2D eigenvalue weighted by molar-refractivity contribution is -0.115. The van der Waals surface area contributed by atoms with Crippen LogP contribution in [0.5, 0.6) is 0 Å². The molecule has 10 heteroatoms. The van der Waals surface area contributed by atoms with E-state index in [4.69, 9.17) is 0 Å². The minimum absolute atomic E-state index is 0.0313. The van der Waals surface area contributed by atoms with Crippen molar-refractivity contribution in [1.82, 2.24) is 18.7 Å². The molecule has 0 bridgehead atoms. The van der Waals surface area contributed by atoms with Gasteiger partial charge in [-0.3, -0.25) is 4.79 Å². The summed E-state index contributed by atoms with van der Waals surface area (Å²) in [4.78, 5) is 54.7. The first-order valence-electron chi connectivity index (χ1n) is 9.80. The molecule has 0 aliphatic carbocycles. The van der Waals surface area contributed by atoms with Crippen LogP contribution in [-0.2, 0) is 30.8 Å². The zero-order valence-corrected chi connectivity index (χ0v) is 18.4. The SMILES string of the molecule is C=CCn1c(=O)n(CC=C)c(=O)n(Cc2csc(CC(=O)Nc3ccccc3C)n2)c1=O. The molecule has 0 saturated heterocycles. The summed E-state index contributed by atoms with van der Waals surface area (Å²) in [6.07, 6.45) is 2.87. The molecule has 2 heterocycles. The van der Waals surface area contributed by atoms with Gasteiger partial charge in [-0.1, -0.05) is 30.4 Å². The fraction of sp³-hybridized carbons (Fsp3) is 0.227. The summed E-state index contributed by atoms with van der Waals surface area (Å²) in [6.45, 7) is 8.82. The summed E-state index contributed by atoms with van der Waals surface area (Å²) in [5.41, 5.74) is -0.0811. The highest BCUT2D eigenvalue weighted by Crippen LogP contribution is 2.15. The van der Waals surface area contributed by atoms with E-state index in [9.17, 15) is 19.2 Å². The molecule has 1 N–H and O–H groups in total. The molecule has 32 heavy (non-hydrogen) atoms. The van der Waals surface area contributed by atoms with Gasteiger partial charge in [-0.05, 0) is 18.6 Å². The number of aromatic nitrogens is 4. The Morgan fingerprint density at radius 3 is 2.22 bits per heavy atom. The van der Waals surface area contributed by atoms with Gasteiger partial charge >= 0.3 is 17.1 Å². The van der Waals surface area contributed by atoms with Crippen LogP contribution in [0, 0.1) is 6.92 Å². The third-order valence-corrected chi connectivity index (χ3v) is 5.56. The molecule has 1 amide bonds. The average molecular weight is 454 g/mol. The number of aryl methyl sites for hydroxylation is 1. The van der Waals surface area contributed by atoms with Gasteiger partial charge in [0.15, 0.2) is 0 Å². The number of carbonyl (C=O) groups excluding carboxylic acids is 1. The van der Waals surface area contributed by atoms with E-state index < -0.39 is 17.1 Å². The van der Waals surface area contributed by atoms with Gasteiger partial charge in [-0.25, -0.2) is 33.1 Å². The van der Waals surface area contributed by atoms with Crippen molar-refractivity contribution in [2.24, 2.45) is 0 Å². The number of nitrogens with one attached hydrogen (secondary N) is 1. The lowest BCUT2D eigenvalue weighted by Crippen LogP contribution is -2.54. The molecule has 3 aromatic rings. The number of amides is 1. The Morgan fingerprint density at radius 2 is 1.62 bits per heavy atom. The Balaban J connectivity index is 1.84. The van der Waals surface area contributed by atoms with Crippen LogP contribution in [0.1, 0.15) is 16.3 Å². The Morgan fingerprint density at radius 1 is 1.03 bits per heavy atom. The monoisotopic (exact) mass is 453 g/mol. The predicted octanol–water partition coefficient (Wildman–Crippen LogP) is 1.54. The summed E-state index contributed by atoms with van der Waals surface area (Å²) in [6, 6.07) is 7.45. The molecular weight excluding hydrogens is 430 g/mol. The highest BCUT2D eigenvalue weighted by atomic mass is 32.1. The minimum atomic E-state index is -0.743. The van der Waals surface area contributed by atoms with Crippen LogP contribution in [0.25, 0.3) is 0 Å². The standard InChI is InChI=1S/C22H23N5O4S/c1-4-10-25-20(29)26(11-5-2)22(31)27(21(25)30)13-16-14-32-19(23-16)12-18(28)24-17-9-7-6-8-15(17)3/h4-9,14H,1-2,10-13H2,3H3,(H,24,28). The molecule has 1 aromatic carbocycles. The van der Waals surface area contributed by atoms with E-state index in [1.807, 2.05) is 31.2 Å². The van der Waals surface area contributed by atoms with Gasteiger partial charge in [0.1, 0.15) is 5.01 Å². The van der Waals surface area contributed by atoms with Crippen LogP contribution in [0.3, 0.4) is 0 Å². The number of nitrogens with zero attached hydrogens (tertiary/aromatic N) is 4. The van der Waals surface area contributed by atoms with Gasteiger partial charge in [-0.2, -0.15) is 0 Å². The highest BCUT2D eigenvalue weighted by Gasteiger charge is 2.16. The molecule has 3 rings (SSSR count). The van der Waals surface area contributed by atoms with Gasteiger partial charge in [0, 0.05) is 11.1 Å². The maximum absolute atomic E-state index is 12.7. The first kappa shape index (κ1) is 22.9. The van der Waals surface area contributed by atoms with Crippen LogP contribution in [-0.4, -0.2) is 24.6 Å². The van der Waals surface area contributed by atoms with Gasteiger partial charge < -0.3 is 5.32 Å². The lowest BCUT2D eigenvalue weighted by atomic mass is 10.2. The number of hydrogen-bond donors (Lipinski definition) is 1. The molecule has 0 saturated carbocycles. The van der Waals surface area contributed by atoms with E-state index in [1.54, 1.807) is 5.38 Å². The van der Waals surface area contributed by atoms with Crippen LogP contribution in [0.15, 0.2) is 69.3 Å². The average Bonchev–Trinajstić information content (AvgIpc) is 3.20. The van der Waals surface area contributed by atoms with Gasteiger partial charge in [0.25, 0.3) is 0 Å². The number of anilines is 1. The molecule has 166 valence electrons. The quantitative estimate of drug-likeness (QED) is 0.495. The molecule has 0 aliphatic rings. The Bertz CT molecular complexity index is 1300. The molecule has 0 radical (unpaired) electrons. The zero-order chi connectivity index (χ0) is 23.3. The summed E-state index contributed by atoms with van der Waals surface area (Å²) in [5, 5.41) is 5.08. The molecule has 9 nitrogen and oxygen atoms in total. The smallest absolute Gasteiger partial charge is 0.325 e. The van der Waals surface area contributed by atoms with E-state index >= 15 is 0 Å². The number of rotatable bonds is 9. The Labute approximate surface area is 187 Å². The normalized spacial score (nSPS) is 10.7. The topological polar surface area (TPSA) is 108 Å². The van der Waals surface area contributed by atoms with Crippen LogP contribution in [0.2, 0.25) is 0 Å². The van der Waals surface area contributed by atoms with Crippen molar-refractivity contribution in [3.63, 3.8) is 0 Å². The molecule has 2 aromatic heterocycles. The number of benzene rings is 1. The number of allylic oxidation sites excluding steroid dienone is 2. The largest absolute Gasteiger partial charge is 0.336 e. The summed E-state index contributed by atoms with van der Waals surface area (Å²) in [7, 11) is 0. The van der Waals surface area contributed by atoms with E-state index in [0.717, 1.165) is 25.0 Å². The maximum Gasteiger partial charge on any atom is 0.336 e. The van der Waals surface area contributed by atoms with E-state index in [2.05, 4.69) is 23.5 Å². The summed E-state index contributed by atoms with van der Waals surface area (Å²) < 4.78 is 2.81. The second kappa shape index (κ2) is 10.0. The highest BCUT2D eigenvalue weighted by molar-refractivity contribution is 7.09. The van der Waals surface area contributed by atoms with Crippen molar-refractivity contribution in [1.29, 1.82) is 0 Å². The fourth-order valence-corrected chi connectivity index (χ4v) is 3.88. The second-order valence-corrected chi connectivity index (χ2v) is 7.95. The van der Waals surface area contributed by atoms with Crippen LogP contribution < -0.4 is 22.4 Å². The molecule has 0 aliphatic heterocycles. The Kier molecular flexibility index (Phi) is 7.16. The molecule has 0 unspecified atom stereocenters. The molecule has 0 spiro atoms. The van der Waals surface area contributed by atoms with Gasteiger partial charge in [0.05, 0.1) is 31.7 Å². The Hall–Kier alpha value is -3.79. The van der Waals surface area contributed by atoms with E-state index in [-0.39, 0.29) is 32.0 Å². The first-order valence-corrected chi connectivity index (χ1v) is 10.7. The second-order valence-electron chi connectivity index (χ2n) is 7.00. The van der Waals surface area contributed by atoms with Crippen molar-refractivity contribution < 1.29 is 4.79 Å². The molecule has 0 atom stereocenters. The summed E-state index contributed by atoms with van der Waals surface area (Å²) in [5.74, 6) is -0.217. The maximum atomic E-state index is 12.7.